The van der Waals surface area contributed by atoms with Gasteiger partial charge in [-0.05, 0) is 42.8 Å². The van der Waals surface area contributed by atoms with Crippen LogP contribution in [0.1, 0.15) is 22.8 Å². The highest BCUT2D eigenvalue weighted by atomic mass is 35.5. The summed E-state index contributed by atoms with van der Waals surface area (Å²) < 4.78 is 5.01. The van der Waals surface area contributed by atoms with Crippen molar-refractivity contribution in [1.29, 1.82) is 0 Å². The van der Waals surface area contributed by atoms with Crippen LogP contribution in [0.2, 0.25) is 5.02 Å². The van der Waals surface area contributed by atoms with Crippen molar-refractivity contribution in [3.8, 4) is 11.5 Å². The highest BCUT2D eigenvalue weighted by Gasteiger charge is 2.29. The molecule has 0 saturated heterocycles. The lowest BCUT2D eigenvalue weighted by Gasteiger charge is -2.13. The number of benzene rings is 2. The number of amides is 1. The van der Waals surface area contributed by atoms with Gasteiger partial charge >= 0.3 is 5.97 Å². The van der Waals surface area contributed by atoms with E-state index in [0.717, 1.165) is 5.01 Å². The summed E-state index contributed by atoms with van der Waals surface area (Å²) in [5.41, 5.74) is 1.55. The third kappa shape index (κ3) is 3.50. The standard InChI is InChI=1S/C19H15ClN2O5/c1-10-13(7-11-3-6-16(23)17(8-11)27-2)18(24)22(21-10)12-4-5-15(20)14(9-12)19(25)26/h3-9,23H,1-2H3,(H,25,26)/p-1/b13-7+. The van der Waals surface area contributed by atoms with Crippen molar-refractivity contribution < 1.29 is 24.5 Å². The fraction of sp³-hybridized carbons (Fsp3) is 0.105. The number of carbonyl (C=O) groups is 2. The Hall–Kier alpha value is -3.32. The van der Waals surface area contributed by atoms with Crippen LogP contribution in [-0.4, -0.2) is 29.8 Å². The molecular weight excluding hydrogens is 372 g/mol. The molecule has 0 unspecified atom stereocenters. The number of ether oxygens (including phenoxy) is 1. The van der Waals surface area contributed by atoms with Crippen molar-refractivity contribution in [3.05, 3.63) is 58.1 Å². The van der Waals surface area contributed by atoms with Crippen molar-refractivity contribution in [2.24, 2.45) is 5.10 Å². The molecule has 0 aromatic heterocycles. The van der Waals surface area contributed by atoms with Gasteiger partial charge in [-0.15, -0.1) is 0 Å². The SMILES string of the molecule is COc1cc(/C=C2/C(=O)N(c3ccc(Cl)c(C(=O)O)c3)N=C2C)ccc1[O-]. The number of carboxylic acid groups (broad SMARTS) is 1. The first kappa shape index (κ1) is 18.5. The van der Waals surface area contributed by atoms with E-state index in [-0.39, 0.29) is 27.8 Å². The first-order chi connectivity index (χ1) is 12.8. The zero-order valence-electron chi connectivity index (χ0n) is 14.4. The molecule has 0 saturated carbocycles. The number of hydrogen-bond donors (Lipinski definition) is 1. The number of carboxylic acids is 1. The highest BCUT2D eigenvalue weighted by molar-refractivity contribution is 6.34. The summed E-state index contributed by atoms with van der Waals surface area (Å²) in [6.45, 7) is 1.66. The Morgan fingerprint density at radius 2 is 2.04 bits per heavy atom. The van der Waals surface area contributed by atoms with Crippen LogP contribution in [0.3, 0.4) is 0 Å². The van der Waals surface area contributed by atoms with Gasteiger partial charge in [-0.1, -0.05) is 29.5 Å². The Kier molecular flexibility index (Phi) is 4.87. The van der Waals surface area contributed by atoms with E-state index in [1.54, 1.807) is 19.1 Å². The maximum Gasteiger partial charge on any atom is 0.337 e. The van der Waals surface area contributed by atoms with Crippen LogP contribution in [0, 0.1) is 0 Å². The average Bonchev–Trinajstić information content (AvgIpc) is 2.91. The number of carbonyl (C=O) groups excluding carboxylic acids is 1. The summed E-state index contributed by atoms with van der Waals surface area (Å²) >= 11 is 5.87. The smallest absolute Gasteiger partial charge is 0.337 e. The van der Waals surface area contributed by atoms with Gasteiger partial charge in [0, 0.05) is 0 Å². The third-order valence-electron chi connectivity index (χ3n) is 3.99. The van der Waals surface area contributed by atoms with Gasteiger partial charge in [0.15, 0.2) is 0 Å². The Balaban J connectivity index is 1.97. The first-order valence-electron chi connectivity index (χ1n) is 7.81. The first-order valence-corrected chi connectivity index (χ1v) is 8.19. The third-order valence-corrected chi connectivity index (χ3v) is 4.32. The Bertz CT molecular complexity index is 1010. The van der Waals surface area contributed by atoms with Gasteiger partial charge in [0.05, 0.1) is 34.7 Å². The minimum absolute atomic E-state index is 0.0687. The molecule has 1 heterocycles. The van der Waals surface area contributed by atoms with Gasteiger partial charge in [-0.3, -0.25) is 4.79 Å². The van der Waals surface area contributed by atoms with Gasteiger partial charge < -0.3 is 14.9 Å². The zero-order chi connectivity index (χ0) is 19.7. The topological polar surface area (TPSA) is 102 Å². The molecule has 0 bridgehead atoms. The quantitative estimate of drug-likeness (QED) is 0.815. The maximum absolute atomic E-state index is 12.8. The van der Waals surface area contributed by atoms with Crippen molar-refractivity contribution in [2.75, 3.05) is 12.1 Å². The van der Waals surface area contributed by atoms with Crippen LogP contribution in [0.4, 0.5) is 5.69 Å². The molecule has 8 heteroatoms. The normalized spacial score (nSPS) is 15.2. The lowest BCUT2D eigenvalue weighted by atomic mass is 10.1. The number of methoxy groups -OCH3 is 1. The van der Waals surface area contributed by atoms with E-state index in [2.05, 4.69) is 5.10 Å². The van der Waals surface area contributed by atoms with Crippen LogP contribution in [-0.2, 0) is 4.79 Å². The highest BCUT2D eigenvalue weighted by Crippen LogP contribution is 2.30. The second-order valence-electron chi connectivity index (χ2n) is 5.74. The van der Waals surface area contributed by atoms with Crippen molar-refractivity contribution in [3.63, 3.8) is 0 Å². The van der Waals surface area contributed by atoms with E-state index in [1.807, 2.05) is 0 Å². The molecule has 2 aromatic rings. The van der Waals surface area contributed by atoms with Gasteiger partial charge in [0.25, 0.3) is 5.91 Å². The van der Waals surface area contributed by atoms with E-state index >= 15 is 0 Å². The number of anilines is 1. The number of halogens is 1. The van der Waals surface area contributed by atoms with Crippen LogP contribution < -0.4 is 14.9 Å². The molecule has 27 heavy (non-hydrogen) atoms. The van der Waals surface area contributed by atoms with Crippen LogP contribution in [0.15, 0.2) is 47.1 Å². The Labute approximate surface area is 159 Å². The molecule has 138 valence electrons. The molecule has 0 radical (unpaired) electrons. The number of rotatable bonds is 4. The van der Waals surface area contributed by atoms with E-state index in [9.17, 15) is 19.8 Å². The molecule has 3 rings (SSSR count). The largest absolute Gasteiger partial charge is 0.870 e. The van der Waals surface area contributed by atoms with E-state index in [1.165, 1.54) is 37.4 Å². The summed E-state index contributed by atoms with van der Waals surface area (Å²) in [6, 6.07) is 8.67. The molecule has 0 atom stereocenters. The van der Waals surface area contributed by atoms with Crippen LogP contribution in [0.5, 0.6) is 11.5 Å². The minimum Gasteiger partial charge on any atom is -0.870 e. The fourth-order valence-corrected chi connectivity index (χ4v) is 2.81. The monoisotopic (exact) mass is 385 g/mol. The molecule has 2 aromatic carbocycles. The molecule has 0 aliphatic carbocycles. The Morgan fingerprint density at radius 1 is 1.30 bits per heavy atom. The molecule has 1 aliphatic heterocycles. The second-order valence-corrected chi connectivity index (χ2v) is 6.15. The fourth-order valence-electron chi connectivity index (χ4n) is 2.61. The number of hydrazone groups is 1. The van der Waals surface area contributed by atoms with Gasteiger partial charge in [0.1, 0.15) is 5.75 Å². The summed E-state index contributed by atoms with van der Waals surface area (Å²) in [4.78, 5) is 24.0. The second kappa shape index (κ2) is 7.13. The molecular formula is C19H14ClN2O5-. The number of aromatic carboxylic acids is 1. The molecule has 0 spiro atoms. The summed E-state index contributed by atoms with van der Waals surface area (Å²) in [6.07, 6.45) is 1.59. The lowest BCUT2D eigenvalue weighted by Crippen LogP contribution is -2.21. The van der Waals surface area contributed by atoms with E-state index in [0.29, 0.717) is 16.8 Å². The molecule has 1 amide bonds. The molecule has 1 aliphatic rings. The van der Waals surface area contributed by atoms with Crippen LogP contribution in [0.25, 0.3) is 6.08 Å². The van der Waals surface area contributed by atoms with Gasteiger partial charge in [-0.25, -0.2) is 4.79 Å². The number of nitrogens with zero attached hydrogens (tertiary/aromatic N) is 2. The zero-order valence-corrected chi connectivity index (χ0v) is 15.1. The van der Waals surface area contributed by atoms with Gasteiger partial charge in [0.2, 0.25) is 0 Å². The summed E-state index contributed by atoms with van der Waals surface area (Å²) in [5.74, 6) is -1.71. The van der Waals surface area contributed by atoms with E-state index in [4.69, 9.17) is 16.3 Å². The molecule has 0 fully saturated rings. The summed E-state index contributed by atoms with van der Waals surface area (Å²) in [7, 11) is 1.39. The minimum atomic E-state index is -1.20. The summed E-state index contributed by atoms with van der Waals surface area (Å²) in [5, 5.41) is 26.2. The average molecular weight is 386 g/mol. The number of hydrogen-bond acceptors (Lipinski definition) is 5. The molecule has 7 nitrogen and oxygen atoms in total. The maximum atomic E-state index is 12.8. The van der Waals surface area contributed by atoms with Crippen molar-refractivity contribution in [1.82, 2.24) is 0 Å². The van der Waals surface area contributed by atoms with Crippen LogP contribution >= 0.6 is 11.6 Å². The van der Waals surface area contributed by atoms with Crippen molar-refractivity contribution >= 4 is 41.0 Å². The molecule has 1 N–H and O–H groups in total. The lowest BCUT2D eigenvalue weighted by molar-refractivity contribution is -0.270. The van der Waals surface area contributed by atoms with E-state index < -0.39 is 11.9 Å². The predicted octanol–water partition coefficient (Wildman–Crippen LogP) is 2.93. The Morgan fingerprint density at radius 3 is 2.70 bits per heavy atom. The van der Waals surface area contributed by atoms with Crippen molar-refractivity contribution in [2.45, 2.75) is 6.92 Å². The van der Waals surface area contributed by atoms with Gasteiger partial charge in [-0.2, -0.15) is 10.1 Å². The predicted molar refractivity (Wildman–Crippen MR) is 99.4 cm³/mol.